The van der Waals surface area contributed by atoms with Crippen LogP contribution in [0.4, 0.5) is 5.69 Å². The predicted octanol–water partition coefficient (Wildman–Crippen LogP) is 2.58. The molecular weight excluding hydrogens is 212 g/mol. The number of rotatable bonds is 2. The highest BCUT2D eigenvalue weighted by atomic mass is 35.5. The van der Waals surface area contributed by atoms with Crippen LogP contribution in [0.15, 0.2) is 12.4 Å². The van der Waals surface area contributed by atoms with Gasteiger partial charge in [-0.25, -0.2) is 9.97 Å². The number of pyridine rings is 1. The number of nitrogens with zero attached hydrogens (tertiary/aromatic N) is 2. The maximum absolute atomic E-state index is 5.92. The molecule has 2 aromatic rings. The minimum absolute atomic E-state index is 0.483. The van der Waals surface area contributed by atoms with Crippen molar-refractivity contribution in [2.24, 2.45) is 0 Å². The molecular formula is C10H11ClN4. The second kappa shape index (κ2) is 3.38. The Labute approximate surface area is 92.1 Å². The van der Waals surface area contributed by atoms with Gasteiger partial charge in [-0.2, -0.15) is 0 Å². The van der Waals surface area contributed by atoms with Crippen molar-refractivity contribution in [3.05, 3.63) is 17.5 Å². The number of hydrogen-bond donors (Lipinski definition) is 2. The molecule has 5 heteroatoms. The molecule has 2 N–H and O–H groups in total. The molecule has 0 radical (unpaired) electrons. The Morgan fingerprint density at radius 2 is 2.33 bits per heavy atom. The van der Waals surface area contributed by atoms with Crippen molar-refractivity contribution in [2.75, 3.05) is 5.32 Å². The number of H-pyrrole nitrogens is 1. The first-order chi connectivity index (χ1) is 7.33. The van der Waals surface area contributed by atoms with Gasteiger partial charge in [0.25, 0.3) is 0 Å². The summed E-state index contributed by atoms with van der Waals surface area (Å²) in [6, 6.07) is 2.43. The van der Waals surface area contributed by atoms with Crippen molar-refractivity contribution < 1.29 is 0 Å². The molecule has 0 aromatic carbocycles. The van der Waals surface area contributed by atoms with Crippen LogP contribution in [0.3, 0.4) is 0 Å². The molecule has 1 aliphatic carbocycles. The van der Waals surface area contributed by atoms with E-state index in [1.165, 1.54) is 19.3 Å². The first-order valence-corrected chi connectivity index (χ1v) is 5.47. The first-order valence-electron chi connectivity index (χ1n) is 5.09. The van der Waals surface area contributed by atoms with Crippen molar-refractivity contribution in [1.82, 2.24) is 15.0 Å². The van der Waals surface area contributed by atoms with E-state index in [2.05, 4.69) is 20.3 Å². The number of anilines is 1. The quantitative estimate of drug-likeness (QED) is 0.768. The molecule has 0 unspecified atom stereocenters. The fourth-order valence-electron chi connectivity index (χ4n) is 1.78. The van der Waals surface area contributed by atoms with Gasteiger partial charge in [0.1, 0.15) is 10.7 Å². The molecule has 3 rings (SSSR count). The molecule has 0 aliphatic heterocycles. The van der Waals surface area contributed by atoms with E-state index in [-0.39, 0.29) is 0 Å². The molecule has 0 bridgehead atoms. The van der Waals surface area contributed by atoms with Gasteiger partial charge >= 0.3 is 0 Å². The van der Waals surface area contributed by atoms with Gasteiger partial charge < -0.3 is 10.3 Å². The topological polar surface area (TPSA) is 53.6 Å². The maximum Gasteiger partial charge on any atom is 0.180 e. The molecule has 15 heavy (non-hydrogen) atoms. The summed E-state index contributed by atoms with van der Waals surface area (Å²) in [7, 11) is 0. The number of aromatic nitrogens is 3. The molecule has 0 atom stereocenters. The van der Waals surface area contributed by atoms with E-state index >= 15 is 0 Å². The Bertz CT molecular complexity index is 489. The number of aromatic amines is 1. The average molecular weight is 223 g/mol. The second-order valence-electron chi connectivity index (χ2n) is 3.87. The lowest BCUT2D eigenvalue weighted by atomic mass is 9.93. The summed E-state index contributed by atoms with van der Waals surface area (Å²) < 4.78 is 0. The fraction of sp³-hybridized carbons (Fsp3) is 0.400. The summed E-state index contributed by atoms with van der Waals surface area (Å²) >= 11 is 5.92. The summed E-state index contributed by atoms with van der Waals surface area (Å²) in [5.74, 6) is 0. The Balaban J connectivity index is 2.02. The van der Waals surface area contributed by atoms with Gasteiger partial charge in [-0.15, -0.1) is 0 Å². The predicted molar refractivity (Wildman–Crippen MR) is 60.2 cm³/mol. The summed E-state index contributed by atoms with van der Waals surface area (Å²) in [6.45, 7) is 0. The van der Waals surface area contributed by atoms with Gasteiger partial charge in [0.2, 0.25) is 0 Å². The number of hydrogen-bond acceptors (Lipinski definition) is 3. The third-order valence-corrected chi connectivity index (χ3v) is 3.02. The van der Waals surface area contributed by atoms with E-state index in [1.54, 1.807) is 6.33 Å². The lowest BCUT2D eigenvalue weighted by Gasteiger charge is -2.27. The highest BCUT2D eigenvalue weighted by Crippen LogP contribution is 2.28. The molecule has 2 heterocycles. The van der Waals surface area contributed by atoms with Crippen LogP contribution in [0, 0.1) is 0 Å². The van der Waals surface area contributed by atoms with E-state index in [1.807, 2.05) is 6.07 Å². The number of imidazole rings is 1. The van der Waals surface area contributed by atoms with Crippen LogP contribution in [0.25, 0.3) is 11.2 Å². The first kappa shape index (κ1) is 8.97. The second-order valence-corrected chi connectivity index (χ2v) is 4.25. The number of nitrogens with one attached hydrogen (secondary N) is 2. The average Bonchev–Trinajstić information content (AvgIpc) is 2.58. The van der Waals surface area contributed by atoms with E-state index in [4.69, 9.17) is 11.6 Å². The van der Waals surface area contributed by atoms with Crippen LogP contribution >= 0.6 is 11.6 Å². The molecule has 78 valence electrons. The Hall–Kier alpha value is -1.29. The van der Waals surface area contributed by atoms with Crippen LogP contribution in [0.5, 0.6) is 0 Å². The van der Waals surface area contributed by atoms with Crippen molar-refractivity contribution >= 4 is 28.5 Å². The third-order valence-electron chi connectivity index (χ3n) is 2.83. The lowest BCUT2D eigenvalue weighted by molar-refractivity contribution is 0.446. The fourth-order valence-corrected chi connectivity index (χ4v) is 1.97. The molecule has 0 saturated heterocycles. The van der Waals surface area contributed by atoms with Crippen LogP contribution in [-0.2, 0) is 0 Å². The molecule has 0 amide bonds. The lowest BCUT2D eigenvalue weighted by Crippen LogP contribution is -2.27. The van der Waals surface area contributed by atoms with Gasteiger partial charge in [-0.1, -0.05) is 11.6 Å². The van der Waals surface area contributed by atoms with Crippen LogP contribution < -0.4 is 5.32 Å². The molecule has 2 aromatic heterocycles. The molecule has 0 spiro atoms. The maximum atomic E-state index is 5.92. The normalized spacial score (nSPS) is 16.6. The van der Waals surface area contributed by atoms with E-state index in [0.717, 1.165) is 11.2 Å². The standard InChI is InChI=1S/C10H11ClN4/c11-8-4-7(14-6-2-1-3-6)9-10(15-8)13-5-12-9/h4-6H,1-3H2,(H2,12,13,14,15). The number of fused-ring (bicyclic) bond motifs is 1. The molecule has 1 saturated carbocycles. The van der Waals surface area contributed by atoms with Crippen LogP contribution in [0.2, 0.25) is 5.15 Å². The van der Waals surface area contributed by atoms with Crippen molar-refractivity contribution in [1.29, 1.82) is 0 Å². The van der Waals surface area contributed by atoms with E-state index in [0.29, 0.717) is 16.8 Å². The minimum Gasteiger partial charge on any atom is -0.380 e. The van der Waals surface area contributed by atoms with Crippen molar-refractivity contribution in [3.63, 3.8) is 0 Å². The van der Waals surface area contributed by atoms with Gasteiger partial charge in [-0.05, 0) is 19.3 Å². The highest BCUT2D eigenvalue weighted by molar-refractivity contribution is 6.30. The van der Waals surface area contributed by atoms with E-state index in [9.17, 15) is 0 Å². The van der Waals surface area contributed by atoms with Crippen LogP contribution in [0.1, 0.15) is 19.3 Å². The number of halogens is 1. The monoisotopic (exact) mass is 222 g/mol. The van der Waals surface area contributed by atoms with Gasteiger partial charge in [-0.3, -0.25) is 0 Å². The van der Waals surface area contributed by atoms with Gasteiger partial charge in [0.05, 0.1) is 12.0 Å². The zero-order valence-electron chi connectivity index (χ0n) is 8.13. The van der Waals surface area contributed by atoms with Crippen molar-refractivity contribution in [3.8, 4) is 0 Å². The summed E-state index contributed by atoms with van der Waals surface area (Å²) in [6.07, 6.45) is 5.41. The van der Waals surface area contributed by atoms with E-state index < -0.39 is 0 Å². The third kappa shape index (κ3) is 1.55. The Kier molecular flexibility index (Phi) is 2.02. The zero-order chi connectivity index (χ0) is 10.3. The molecule has 1 aliphatic rings. The van der Waals surface area contributed by atoms with Crippen LogP contribution in [-0.4, -0.2) is 21.0 Å². The molecule has 1 fully saturated rings. The minimum atomic E-state index is 0.483. The van der Waals surface area contributed by atoms with Crippen molar-refractivity contribution in [2.45, 2.75) is 25.3 Å². The van der Waals surface area contributed by atoms with Gasteiger partial charge in [0.15, 0.2) is 5.65 Å². The Morgan fingerprint density at radius 1 is 1.47 bits per heavy atom. The van der Waals surface area contributed by atoms with Gasteiger partial charge in [0, 0.05) is 12.1 Å². The smallest absolute Gasteiger partial charge is 0.180 e. The largest absolute Gasteiger partial charge is 0.380 e. The summed E-state index contributed by atoms with van der Waals surface area (Å²) in [5.41, 5.74) is 2.61. The highest BCUT2D eigenvalue weighted by Gasteiger charge is 2.18. The molecule has 4 nitrogen and oxygen atoms in total. The Morgan fingerprint density at radius 3 is 3.07 bits per heavy atom. The summed E-state index contributed by atoms with van der Waals surface area (Å²) in [4.78, 5) is 11.3. The summed E-state index contributed by atoms with van der Waals surface area (Å²) in [5, 5.41) is 3.94. The SMILES string of the molecule is Clc1cc(NC2CCC2)c2[nH]cnc2n1. The zero-order valence-corrected chi connectivity index (χ0v) is 8.88.